The Kier molecular flexibility index (Phi) is 7.37. The first-order valence-corrected chi connectivity index (χ1v) is 7.62. The molecule has 0 aromatic heterocycles. The van der Waals surface area contributed by atoms with Crippen molar-refractivity contribution in [3.8, 4) is 5.75 Å². The van der Waals surface area contributed by atoms with E-state index in [0.29, 0.717) is 6.07 Å². The summed E-state index contributed by atoms with van der Waals surface area (Å²) in [5.74, 6) is -0.491. The summed E-state index contributed by atoms with van der Waals surface area (Å²) in [5.41, 5.74) is 0. The first-order valence-electron chi connectivity index (χ1n) is 4.77. The Balaban J connectivity index is 0.00000200. The van der Waals surface area contributed by atoms with Gasteiger partial charge >= 0.3 is 59.1 Å². The van der Waals surface area contributed by atoms with Crippen molar-refractivity contribution in [3.63, 3.8) is 0 Å². The van der Waals surface area contributed by atoms with E-state index in [9.17, 15) is 26.5 Å². The van der Waals surface area contributed by atoms with Gasteiger partial charge in [0, 0.05) is 5.39 Å². The molecule has 0 radical (unpaired) electrons. The van der Waals surface area contributed by atoms with Crippen molar-refractivity contribution in [1.29, 1.82) is 0 Å². The molecule has 0 heterocycles. The van der Waals surface area contributed by atoms with Crippen LogP contribution in [0, 0.1) is 0 Å². The molecule has 11 heteroatoms. The third kappa shape index (κ3) is 4.90. The van der Waals surface area contributed by atoms with Crippen LogP contribution >= 0.6 is 0 Å². The molecule has 0 atom stereocenters. The average molecular weight is 348 g/mol. The second-order valence-electron chi connectivity index (χ2n) is 3.73. The topological polar surface area (TPSA) is 135 Å². The molecular weight excluding hydrogens is 342 g/mol. The Labute approximate surface area is 165 Å². The Morgan fingerprint density at radius 3 is 2.00 bits per heavy atom. The summed E-state index contributed by atoms with van der Waals surface area (Å²) >= 11 is 0. The van der Waals surface area contributed by atoms with Crippen molar-refractivity contribution in [2.45, 2.75) is 9.79 Å². The molecule has 0 aliphatic heterocycles. The van der Waals surface area contributed by atoms with Crippen LogP contribution < -0.4 is 64.2 Å². The molecular formula is C10H6Na2O7S2. The van der Waals surface area contributed by atoms with Crippen LogP contribution in [-0.4, -0.2) is 25.9 Å². The van der Waals surface area contributed by atoms with Crippen LogP contribution in [0.1, 0.15) is 0 Å². The SMILES string of the molecule is O=S(=O)([O-])c1cc(S(=O)(=O)O)c2ccc([O-])cc2c1.[Na+].[Na+]. The van der Waals surface area contributed by atoms with Crippen molar-refractivity contribution in [3.05, 3.63) is 30.3 Å². The fourth-order valence-corrected chi connectivity index (χ4v) is 2.99. The van der Waals surface area contributed by atoms with Gasteiger partial charge in [0.2, 0.25) is 0 Å². The molecule has 21 heavy (non-hydrogen) atoms. The van der Waals surface area contributed by atoms with Gasteiger partial charge in [-0.3, -0.25) is 4.55 Å². The van der Waals surface area contributed by atoms with Crippen LogP contribution in [0.3, 0.4) is 0 Å². The van der Waals surface area contributed by atoms with Gasteiger partial charge in [-0.15, -0.1) is 5.75 Å². The summed E-state index contributed by atoms with van der Waals surface area (Å²) < 4.78 is 64.2. The van der Waals surface area contributed by atoms with Gasteiger partial charge < -0.3 is 9.66 Å². The molecule has 0 saturated carbocycles. The minimum absolute atomic E-state index is 0. The van der Waals surface area contributed by atoms with Crippen molar-refractivity contribution >= 4 is 31.0 Å². The van der Waals surface area contributed by atoms with Crippen LogP contribution in [0.2, 0.25) is 0 Å². The Morgan fingerprint density at radius 1 is 0.952 bits per heavy atom. The van der Waals surface area contributed by atoms with E-state index in [4.69, 9.17) is 4.55 Å². The van der Waals surface area contributed by atoms with Crippen molar-refractivity contribution in [2.75, 3.05) is 0 Å². The third-order valence-electron chi connectivity index (χ3n) is 2.43. The van der Waals surface area contributed by atoms with Gasteiger partial charge in [0.25, 0.3) is 10.1 Å². The van der Waals surface area contributed by atoms with Crippen LogP contribution in [0.4, 0.5) is 0 Å². The molecule has 7 nitrogen and oxygen atoms in total. The quantitative estimate of drug-likeness (QED) is 0.422. The summed E-state index contributed by atoms with van der Waals surface area (Å²) in [5, 5.41) is 11.1. The van der Waals surface area contributed by atoms with E-state index in [0.717, 1.165) is 24.3 Å². The van der Waals surface area contributed by atoms with Crippen LogP contribution in [0.15, 0.2) is 40.1 Å². The third-order valence-corrected chi connectivity index (χ3v) is 4.13. The molecule has 1 N–H and O–H groups in total. The molecule has 0 saturated heterocycles. The molecule has 0 unspecified atom stereocenters. The van der Waals surface area contributed by atoms with Gasteiger partial charge in [0.1, 0.15) is 15.0 Å². The van der Waals surface area contributed by atoms with Gasteiger partial charge in [-0.2, -0.15) is 8.42 Å². The molecule has 0 fully saturated rings. The maximum atomic E-state index is 11.2. The normalized spacial score (nSPS) is 11.5. The number of hydrogen-bond donors (Lipinski definition) is 1. The van der Waals surface area contributed by atoms with Gasteiger partial charge in [0.05, 0.1) is 4.90 Å². The molecule has 2 rings (SSSR count). The molecule has 0 spiro atoms. The minimum Gasteiger partial charge on any atom is -0.872 e. The van der Waals surface area contributed by atoms with Gasteiger partial charge in [0.15, 0.2) is 0 Å². The second-order valence-corrected chi connectivity index (χ2v) is 6.50. The van der Waals surface area contributed by atoms with E-state index >= 15 is 0 Å². The van der Waals surface area contributed by atoms with Crippen molar-refractivity contribution in [1.82, 2.24) is 0 Å². The summed E-state index contributed by atoms with van der Waals surface area (Å²) in [6, 6.07) is 4.60. The second kappa shape index (κ2) is 7.26. The van der Waals surface area contributed by atoms with E-state index in [2.05, 4.69) is 0 Å². The average Bonchev–Trinajstić information content (AvgIpc) is 2.24. The molecule has 2 aromatic rings. The van der Waals surface area contributed by atoms with Crippen LogP contribution in [0.25, 0.3) is 10.8 Å². The summed E-state index contributed by atoms with van der Waals surface area (Å²) in [7, 11) is -9.65. The minimum atomic E-state index is -4.92. The number of benzene rings is 2. The molecule has 0 bridgehead atoms. The monoisotopic (exact) mass is 348 g/mol. The first kappa shape index (κ1) is 21.3. The smallest absolute Gasteiger partial charge is 0.872 e. The predicted molar refractivity (Wildman–Crippen MR) is 61.2 cm³/mol. The molecule has 102 valence electrons. The van der Waals surface area contributed by atoms with E-state index in [1.807, 2.05) is 0 Å². The zero-order valence-corrected chi connectivity index (χ0v) is 16.7. The van der Waals surface area contributed by atoms with E-state index in [1.165, 1.54) is 0 Å². The fourth-order valence-electron chi connectivity index (χ4n) is 1.64. The summed E-state index contributed by atoms with van der Waals surface area (Å²) in [4.78, 5) is -1.57. The Morgan fingerprint density at radius 2 is 1.52 bits per heavy atom. The van der Waals surface area contributed by atoms with Crippen LogP contribution in [-0.2, 0) is 20.2 Å². The van der Waals surface area contributed by atoms with Gasteiger partial charge in [-0.1, -0.05) is 18.2 Å². The Hall–Kier alpha value is 0.320. The fraction of sp³-hybridized carbons (Fsp3) is 0. The maximum absolute atomic E-state index is 11.2. The van der Waals surface area contributed by atoms with E-state index < -0.39 is 35.8 Å². The number of fused-ring (bicyclic) bond motifs is 1. The number of hydrogen-bond acceptors (Lipinski definition) is 6. The first-order chi connectivity index (χ1) is 8.59. The zero-order valence-electron chi connectivity index (χ0n) is 11.1. The molecule has 0 aliphatic carbocycles. The van der Waals surface area contributed by atoms with E-state index in [-0.39, 0.29) is 69.9 Å². The molecule has 0 amide bonds. The zero-order chi connectivity index (χ0) is 14.4. The van der Waals surface area contributed by atoms with Gasteiger partial charge in [-0.05, 0) is 17.5 Å². The van der Waals surface area contributed by atoms with Gasteiger partial charge in [-0.25, -0.2) is 8.42 Å². The summed E-state index contributed by atoms with van der Waals surface area (Å²) in [6.45, 7) is 0. The summed E-state index contributed by atoms with van der Waals surface area (Å²) in [6.07, 6.45) is 0. The Bertz CT molecular complexity index is 876. The standard InChI is InChI=1S/C10H8O7S2.2Na/c11-7-1-2-9-6(3-7)4-8(18(12,13)14)5-10(9)19(15,16)17;;/h1-5,11H,(H,12,13,14)(H,15,16,17);;/q;2*+1/p-2. The predicted octanol–water partition coefficient (Wildman–Crippen LogP) is -5.93. The molecule has 2 aromatic carbocycles. The van der Waals surface area contributed by atoms with Crippen molar-refractivity contribution < 1.29 is 90.2 Å². The van der Waals surface area contributed by atoms with E-state index in [1.54, 1.807) is 0 Å². The number of rotatable bonds is 2. The molecule has 0 aliphatic rings. The van der Waals surface area contributed by atoms with Crippen molar-refractivity contribution in [2.24, 2.45) is 0 Å². The van der Waals surface area contributed by atoms with Crippen LogP contribution in [0.5, 0.6) is 5.75 Å². The largest absolute Gasteiger partial charge is 1.00 e. The maximum Gasteiger partial charge on any atom is 1.00 e.